The van der Waals surface area contributed by atoms with E-state index in [9.17, 15) is 10.1 Å². The van der Waals surface area contributed by atoms with E-state index >= 15 is 0 Å². The van der Waals surface area contributed by atoms with Gasteiger partial charge in [-0.3, -0.25) is 10.1 Å². The molecule has 1 aromatic carbocycles. The fraction of sp³-hybridized carbons (Fsp3) is 0.294. The lowest BCUT2D eigenvalue weighted by Gasteiger charge is -2.08. The number of aryl methyl sites for hydroxylation is 1. The smallest absolute Gasteiger partial charge is 0.315 e. The molecule has 0 aliphatic heterocycles. The van der Waals surface area contributed by atoms with Gasteiger partial charge >= 0.3 is 6.23 Å². The zero-order chi connectivity index (χ0) is 17.5. The van der Waals surface area contributed by atoms with Crippen molar-refractivity contribution in [3.05, 3.63) is 57.6 Å². The number of nitriles is 1. The largest absolute Gasteiger partial charge is 0.480 e. The molecule has 0 bridgehead atoms. The van der Waals surface area contributed by atoms with Crippen molar-refractivity contribution >= 4 is 0 Å². The minimum Gasteiger partial charge on any atom is -0.480 e. The molecule has 1 aromatic heterocycles. The Bertz CT molecular complexity index is 753. The van der Waals surface area contributed by atoms with Gasteiger partial charge in [0.05, 0.1) is 17.7 Å². The van der Waals surface area contributed by atoms with Crippen LogP contribution in [0.5, 0.6) is 5.88 Å². The SMILES string of the molecule is COc1nc(-c2ccc(CCC(OC)[N+](=O)[O-])cc2)ccc1C#N. The van der Waals surface area contributed by atoms with E-state index < -0.39 is 11.2 Å². The molecule has 0 saturated heterocycles. The number of rotatable bonds is 7. The van der Waals surface area contributed by atoms with E-state index in [0.29, 0.717) is 24.1 Å². The molecule has 0 saturated carbocycles. The first-order valence-electron chi connectivity index (χ1n) is 7.29. The highest BCUT2D eigenvalue weighted by molar-refractivity contribution is 5.61. The monoisotopic (exact) mass is 327 g/mol. The van der Waals surface area contributed by atoms with E-state index in [0.717, 1.165) is 11.1 Å². The predicted octanol–water partition coefficient (Wildman–Crippen LogP) is 2.81. The first-order valence-corrected chi connectivity index (χ1v) is 7.29. The average molecular weight is 327 g/mol. The summed E-state index contributed by atoms with van der Waals surface area (Å²) in [4.78, 5) is 14.6. The molecule has 0 aliphatic rings. The Labute approximate surface area is 139 Å². The standard InChI is InChI=1S/C17H17N3O4/c1-23-16(20(21)22)10-5-12-3-6-13(7-4-12)15-9-8-14(11-18)17(19-15)24-2/h3-4,6-9,16H,5,10H2,1-2H3. The fourth-order valence-electron chi connectivity index (χ4n) is 2.28. The normalized spacial score (nSPS) is 11.5. The third kappa shape index (κ3) is 4.06. The van der Waals surface area contributed by atoms with E-state index in [-0.39, 0.29) is 5.88 Å². The van der Waals surface area contributed by atoms with Crippen LogP contribution in [0.4, 0.5) is 0 Å². The molecule has 2 aromatic rings. The van der Waals surface area contributed by atoms with Crippen molar-refractivity contribution in [3.63, 3.8) is 0 Å². The number of pyridine rings is 1. The van der Waals surface area contributed by atoms with Gasteiger partial charge in [-0.05, 0) is 24.1 Å². The highest BCUT2D eigenvalue weighted by Gasteiger charge is 2.18. The van der Waals surface area contributed by atoms with Crippen molar-refractivity contribution in [2.45, 2.75) is 19.1 Å². The van der Waals surface area contributed by atoms with Crippen molar-refractivity contribution in [3.8, 4) is 23.2 Å². The zero-order valence-electron chi connectivity index (χ0n) is 13.4. The van der Waals surface area contributed by atoms with Gasteiger partial charge in [-0.15, -0.1) is 0 Å². The van der Waals surface area contributed by atoms with Crippen molar-refractivity contribution in [1.82, 2.24) is 4.98 Å². The van der Waals surface area contributed by atoms with Crippen LogP contribution in [-0.2, 0) is 11.2 Å². The third-order valence-electron chi connectivity index (χ3n) is 3.61. The topological polar surface area (TPSA) is 98.3 Å². The van der Waals surface area contributed by atoms with Crippen LogP contribution < -0.4 is 4.74 Å². The molecule has 0 N–H and O–H groups in total. The third-order valence-corrected chi connectivity index (χ3v) is 3.61. The lowest BCUT2D eigenvalue weighted by Crippen LogP contribution is -2.22. The summed E-state index contributed by atoms with van der Waals surface area (Å²) in [5.74, 6) is 0.285. The van der Waals surface area contributed by atoms with Gasteiger partial charge < -0.3 is 9.47 Å². The summed E-state index contributed by atoms with van der Waals surface area (Å²) in [5, 5.41) is 19.7. The number of nitrogens with zero attached hydrogens (tertiary/aromatic N) is 3. The van der Waals surface area contributed by atoms with E-state index in [2.05, 4.69) is 4.98 Å². The van der Waals surface area contributed by atoms with Crippen molar-refractivity contribution in [2.75, 3.05) is 14.2 Å². The predicted molar refractivity (Wildman–Crippen MR) is 87.1 cm³/mol. The maximum Gasteiger partial charge on any atom is 0.315 e. The van der Waals surface area contributed by atoms with Crippen molar-refractivity contribution in [2.24, 2.45) is 0 Å². The number of hydrogen-bond acceptors (Lipinski definition) is 6. The summed E-state index contributed by atoms with van der Waals surface area (Å²) < 4.78 is 9.93. The van der Waals surface area contributed by atoms with Crippen LogP contribution >= 0.6 is 0 Å². The van der Waals surface area contributed by atoms with Crippen LogP contribution in [-0.4, -0.2) is 30.4 Å². The Morgan fingerprint density at radius 2 is 1.96 bits per heavy atom. The summed E-state index contributed by atoms with van der Waals surface area (Å²) in [5.41, 5.74) is 2.92. The Balaban J connectivity index is 2.12. The number of aromatic nitrogens is 1. The number of ether oxygens (including phenoxy) is 2. The van der Waals surface area contributed by atoms with E-state index in [4.69, 9.17) is 14.7 Å². The van der Waals surface area contributed by atoms with E-state index in [1.165, 1.54) is 14.2 Å². The Morgan fingerprint density at radius 1 is 1.25 bits per heavy atom. The van der Waals surface area contributed by atoms with Crippen molar-refractivity contribution < 1.29 is 14.4 Å². The lowest BCUT2D eigenvalue weighted by atomic mass is 10.0. The molecule has 124 valence electrons. The first kappa shape index (κ1) is 17.4. The Kier molecular flexibility index (Phi) is 5.82. The molecule has 0 amide bonds. The maximum absolute atomic E-state index is 10.7. The molecule has 7 heteroatoms. The number of benzene rings is 1. The number of methoxy groups -OCH3 is 2. The summed E-state index contributed by atoms with van der Waals surface area (Å²) >= 11 is 0. The second-order valence-corrected chi connectivity index (χ2v) is 5.08. The minimum absolute atomic E-state index is 0.285. The van der Waals surface area contributed by atoms with E-state index in [1.807, 2.05) is 30.3 Å². The molecule has 24 heavy (non-hydrogen) atoms. The lowest BCUT2D eigenvalue weighted by molar-refractivity contribution is -0.574. The summed E-state index contributed by atoms with van der Waals surface area (Å²) in [7, 11) is 2.80. The minimum atomic E-state index is -0.992. The van der Waals surface area contributed by atoms with Crippen LogP contribution in [0.15, 0.2) is 36.4 Å². The molecule has 7 nitrogen and oxygen atoms in total. The summed E-state index contributed by atoms with van der Waals surface area (Å²) in [6.07, 6.45) is -0.135. The molecule has 0 spiro atoms. The van der Waals surface area contributed by atoms with Gasteiger partial charge in [0.25, 0.3) is 0 Å². The second-order valence-electron chi connectivity index (χ2n) is 5.08. The Morgan fingerprint density at radius 3 is 2.50 bits per heavy atom. The van der Waals surface area contributed by atoms with Gasteiger partial charge in [0.1, 0.15) is 11.6 Å². The van der Waals surface area contributed by atoms with Crippen LogP contribution in [0.25, 0.3) is 11.3 Å². The van der Waals surface area contributed by atoms with Gasteiger partial charge in [-0.2, -0.15) is 5.26 Å². The van der Waals surface area contributed by atoms with Crippen LogP contribution in [0.3, 0.4) is 0 Å². The van der Waals surface area contributed by atoms with Gasteiger partial charge in [-0.25, -0.2) is 4.98 Å². The van der Waals surface area contributed by atoms with Crippen LogP contribution in [0.1, 0.15) is 17.5 Å². The second kappa shape index (κ2) is 8.04. The highest BCUT2D eigenvalue weighted by Crippen LogP contribution is 2.23. The van der Waals surface area contributed by atoms with Gasteiger partial charge in [-0.1, -0.05) is 24.3 Å². The fourth-order valence-corrected chi connectivity index (χ4v) is 2.28. The van der Waals surface area contributed by atoms with E-state index in [1.54, 1.807) is 12.1 Å². The molecular weight excluding hydrogens is 310 g/mol. The molecule has 0 fully saturated rings. The Hall–Kier alpha value is -2.98. The van der Waals surface area contributed by atoms with Crippen LogP contribution in [0, 0.1) is 21.4 Å². The highest BCUT2D eigenvalue weighted by atomic mass is 16.7. The molecule has 1 atom stereocenters. The first-order chi connectivity index (χ1) is 11.6. The molecule has 1 unspecified atom stereocenters. The quantitative estimate of drug-likeness (QED) is 0.440. The van der Waals surface area contributed by atoms with Crippen LogP contribution in [0.2, 0.25) is 0 Å². The van der Waals surface area contributed by atoms with Gasteiger partial charge in [0.2, 0.25) is 5.88 Å². The number of nitro groups is 1. The molecule has 2 rings (SSSR count). The maximum atomic E-state index is 10.7. The molecule has 1 heterocycles. The number of hydrogen-bond donors (Lipinski definition) is 0. The summed E-state index contributed by atoms with van der Waals surface area (Å²) in [6.45, 7) is 0. The van der Waals surface area contributed by atoms with Gasteiger partial charge in [0, 0.05) is 19.1 Å². The molecule has 0 radical (unpaired) electrons. The molecule has 0 aliphatic carbocycles. The van der Waals surface area contributed by atoms with Gasteiger partial charge in [0.15, 0.2) is 0 Å². The van der Waals surface area contributed by atoms with Crippen molar-refractivity contribution in [1.29, 1.82) is 5.26 Å². The average Bonchev–Trinajstić information content (AvgIpc) is 2.62. The zero-order valence-corrected chi connectivity index (χ0v) is 13.4. The summed E-state index contributed by atoms with van der Waals surface area (Å²) in [6, 6.07) is 13.0. The molecular formula is C17H17N3O4.